The lowest BCUT2D eigenvalue weighted by Crippen LogP contribution is -2.25. The number of ether oxygens (including phenoxy) is 2. The van der Waals surface area contributed by atoms with Gasteiger partial charge in [0.1, 0.15) is 24.9 Å². The number of nitrogens with zero attached hydrogens (tertiary/aromatic N) is 2. The Balaban J connectivity index is 1.58. The second-order valence-electron chi connectivity index (χ2n) is 6.57. The summed E-state index contributed by atoms with van der Waals surface area (Å²) in [6.07, 6.45) is 0. The van der Waals surface area contributed by atoms with Gasteiger partial charge in [0.15, 0.2) is 0 Å². The molecule has 30 heavy (non-hydrogen) atoms. The first kappa shape index (κ1) is 21.0. The van der Waals surface area contributed by atoms with Gasteiger partial charge in [0.25, 0.3) is 5.91 Å². The fourth-order valence-corrected chi connectivity index (χ4v) is 4.00. The molecule has 0 bridgehead atoms. The maximum Gasteiger partial charge on any atom is 0.487 e. The largest absolute Gasteiger partial charge is 0.487 e. The average molecular weight is 505 g/mol. The van der Waals surface area contributed by atoms with Crippen LogP contribution in [0.1, 0.15) is 22.2 Å². The molecule has 0 saturated heterocycles. The van der Waals surface area contributed by atoms with E-state index in [4.69, 9.17) is 16.3 Å². The Hall–Kier alpha value is -2.30. The Bertz CT molecular complexity index is 1100. The molecule has 2 heterocycles. The van der Waals surface area contributed by atoms with Gasteiger partial charge in [-0.2, -0.15) is 0 Å². The lowest BCUT2D eigenvalue weighted by atomic mass is 10.1. The van der Waals surface area contributed by atoms with E-state index in [1.165, 1.54) is 24.3 Å². The van der Waals surface area contributed by atoms with E-state index in [1.54, 1.807) is 16.7 Å². The fraction of sp³-hybridized carbons (Fsp3) is 0.263. The molecule has 1 aliphatic rings. The fourth-order valence-electron chi connectivity index (χ4n) is 3.27. The SMILES string of the molecule is O=C(Nc1ccc(OC(F)(F)Cl)cc1)c1cc(Br)c2c(c1)nc1n2[C@H](CF)COC1. The van der Waals surface area contributed by atoms with Gasteiger partial charge in [-0.05, 0) is 52.3 Å². The minimum absolute atomic E-state index is 0.148. The van der Waals surface area contributed by atoms with Crippen molar-refractivity contribution in [2.75, 3.05) is 18.6 Å². The van der Waals surface area contributed by atoms with Gasteiger partial charge < -0.3 is 19.4 Å². The van der Waals surface area contributed by atoms with Crippen LogP contribution in [-0.2, 0) is 11.3 Å². The summed E-state index contributed by atoms with van der Waals surface area (Å²) in [5.74, 6) is 0.00688. The molecule has 2 aromatic carbocycles. The van der Waals surface area contributed by atoms with Crippen LogP contribution in [-0.4, -0.2) is 34.3 Å². The molecule has 1 aliphatic heterocycles. The number of rotatable bonds is 5. The van der Waals surface area contributed by atoms with Gasteiger partial charge in [-0.15, -0.1) is 8.78 Å². The minimum atomic E-state index is -3.82. The topological polar surface area (TPSA) is 65.4 Å². The second-order valence-corrected chi connectivity index (χ2v) is 7.87. The zero-order valence-corrected chi connectivity index (χ0v) is 17.5. The molecule has 0 spiro atoms. The molecule has 3 aromatic rings. The van der Waals surface area contributed by atoms with Gasteiger partial charge in [-0.25, -0.2) is 9.37 Å². The van der Waals surface area contributed by atoms with Crippen molar-refractivity contribution in [1.82, 2.24) is 9.55 Å². The summed E-state index contributed by atoms with van der Waals surface area (Å²) in [6.45, 7) is -0.0869. The van der Waals surface area contributed by atoms with E-state index in [1.807, 2.05) is 0 Å². The molecule has 6 nitrogen and oxygen atoms in total. The van der Waals surface area contributed by atoms with Gasteiger partial charge in [0.05, 0.1) is 23.7 Å². The molecule has 1 amide bonds. The summed E-state index contributed by atoms with van der Waals surface area (Å²) >= 11 is 8.17. The molecule has 0 fully saturated rings. The summed E-state index contributed by atoms with van der Waals surface area (Å²) in [5.41, 5.74) is -1.91. The monoisotopic (exact) mass is 503 g/mol. The molecule has 1 N–H and O–H groups in total. The lowest BCUT2D eigenvalue weighted by Gasteiger charge is -2.24. The van der Waals surface area contributed by atoms with Crippen molar-refractivity contribution in [3.8, 4) is 5.75 Å². The molecule has 0 aliphatic carbocycles. The highest BCUT2D eigenvalue weighted by atomic mass is 79.9. The van der Waals surface area contributed by atoms with Crippen molar-refractivity contribution in [1.29, 1.82) is 0 Å². The Kier molecular flexibility index (Phi) is 5.65. The van der Waals surface area contributed by atoms with Crippen LogP contribution in [0.2, 0.25) is 0 Å². The van der Waals surface area contributed by atoms with Crippen LogP contribution < -0.4 is 10.1 Å². The standard InChI is InChI=1S/C19H14BrClF3N3O3/c20-14-5-10(6-15-17(14)27-12(7-22)8-29-9-16(27)26-15)18(28)25-11-1-3-13(4-2-11)30-19(21,23)24/h1-6,12H,7-9H2,(H,25,28)/t12-/m1/s1. The zero-order chi connectivity index (χ0) is 21.5. The van der Waals surface area contributed by atoms with E-state index in [0.717, 1.165) is 0 Å². The van der Waals surface area contributed by atoms with Crippen LogP contribution in [0.3, 0.4) is 0 Å². The third-order valence-electron chi connectivity index (χ3n) is 4.50. The lowest BCUT2D eigenvalue weighted by molar-refractivity contribution is -0.0964. The highest BCUT2D eigenvalue weighted by Crippen LogP contribution is 2.33. The van der Waals surface area contributed by atoms with E-state index in [-0.39, 0.29) is 19.0 Å². The van der Waals surface area contributed by atoms with E-state index < -0.39 is 24.2 Å². The number of alkyl halides is 4. The molecule has 1 atom stereocenters. The van der Waals surface area contributed by atoms with E-state index in [0.29, 0.717) is 32.6 Å². The molecule has 1 aromatic heterocycles. The number of hydrogen-bond acceptors (Lipinski definition) is 4. The van der Waals surface area contributed by atoms with Crippen LogP contribution in [0.4, 0.5) is 18.9 Å². The highest BCUT2D eigenvalue weighted by Gasteiger charge is 2.28. The smallest absolute Gasteiger partial charge is 0.420 e. The number of hydrogen-bond donors (Lipinski definition) is 1. The summed E-state index contributed by atoms with van der Waals surface area (Å²) < 4.78 is 50.7. The van der Waals surface area contributed by atoms with Crippen molar-refractivity contribution >= 4 is 50.2 Å². The number of carbonyl (C=O) groups is 1. The van der Waals surface area contributed by atoms with Crippen LogP contribution in [0.5, 0.6) is 5.75 Å². The maximum atomic E-state index is 13.4. The summed E-state index contributed by atoms with van der Waals surface area (Å²) in [6, 6.07) is 8.06. The van der Waals surface area contributed by atoms with E-state index in [9.17, 15) is 18.0 Å². The Morgan fingerprint density at radius 2 is 2.10 bits per heavy atom. The Labute approximate surface area is 182 Å². The molecule has 0 saturated carbocycles. The van der Waals surface area contributed by atoms with Crippen LogP contribution in [0.25, 0.3) is 11.0 Å². The summed E-state index contributed by atoms with van der Waals surface area (Å²) in [4.78, 5) is 17.1. The molecule has 0 radical (unpaired) electrons. The number of imidazole rings is 1. The van der Waals surface area contributed by atoms with Crippen molar-refractivity contribution in [2.45, 2.75) is 18.2 Å². The molecular formula is C19H14BrClF3N3O3. The molecular weight excluding hydrogens is 491 g/mol. The highest BCUT2D eigenvalue weighted by molar-refractivity contribution is 9.10. The van der Waals surface area contributed by atoms with Gasteiger partial charge in [-0.1, -0.05) is 0 Å². The number of carbonyl (C=O) groups excluding carboxylic acids is 1. The molecule has 11 heteroatoms. The average Bonchev–Trinajstić information content (AvgIpc) is 3.07. The van der Waals surface area contributed by atoms with Gasteiger partial charge in [0, 0.05) is 27.3 Å². The van der Waals surface area contributed by atoms with Crippen LogP contribution >= 0.6 is 27.5 Å². The number of halogens is 5. The van der Waals surface area contributed by atoms with Crippen molar-refractivity contribution in [3.63, 3.8) is 0 Å². The first-order chi connectivity index (χ1) is 14.2. The van der Waals surface area contributed by atoms with E-state index in [2.05, 4.69) is 31.0 Å². The van der Waals surface area contributed by atoms with Crippen molar-refractivity contribution < 1.29 is 27.4 Å². The first-order valence-electron chi connectivity index (χ1n) is 8.76. The number of amides is 1. The van der Waals surface area contributed by atoms with Crippen molar-refractivity contribution in [3.05, 3.63) is 52.3 Å². The Morgan fingerprint density at radius 3 is 2.77 bits per heavy atom. The summed E-state index contributed by atoms with van der Waals surface area (Å²) in [7, 11) is 0. The van der Waals surface area contributed by atoms with Gasteiger partial charge >= 0.3 is 5.57 Å². The number of nitrogens with one attached hydrogen (secondary N) is 1. The third kappa shape index (κ3) is 4.26. The molecule has 4 rings (SSSR count). The Morgan fingerprint density at radius 1 is 1.37 bits per heavy atom. The molecule has 0 unspecified atom stereocenters. The number of aromatic nitrogens is 2. The second kappa shape index (κ2) is 8.09. The van der Waals surface area contributed by atoms with E-state index >= 15 is 0 Å². The predicted molar refractivity (Wildman–Crippen MR) is 108 cm³/mol. The van der Waals surface area contributed by atoms with Gasteiger partial charge in [-0.3, -0.25) is 4.79 Å². The maximum absolute atomic E-state index is 13.4. The number of anilines is 1. The minimum Gasteiger partial charge on any atom is -0.420 e. The number of fused-ring (bicyclic) bond motifs is 3. The summed E-state index contributed by atoms with van der Waals surface area (Å²) in [5, 5.41) is 2.67. The predicted octanol–water partition coefficient (Wildman–Crippen LogP) is 5.26. The normalized spacial score (nSPS) is 16.4. The third-order valence-corrected chi connectivity index (χ3v) is 5.19. The quantitative estimate of drug-likeness (QED) is 0.482. The first-order valence-corrected chi connectivity index (χ1v) is 9.93. The molecule has 158 valence electrons. The van der Waals surface area contributed by atoms with Crippen molar-refractivity contribution in [2.24, 2.45) is 0 Å². The van der Waals surface area contributed by atoms with Crippen LogP contribution in [0, 0.1) is 0 Å². The number of benzene rings is 2. The van der Waals surface area contributed by atoms with Gasteiger partial charge in [0.2, 0.25) is 0 Å². The zero-order valence-electron chi connectivity index (χ0n) is 15.2. The van der Waals surface area contributed by atoms with Crippen LogP contribution in [0.15, 0.2) is 40.9 Å².